The van der Waals surface area contributed by atoms with Crippen molar-refractivity contribution in [3.05, 3.63) is 95.1 Å². The van der Waals surface area contributed by atoms with Crippen molar-refractivity contribution in [3.8, 4) is 17.3 Å². The van der Waals surface area contributed by atoms with Gasteiger partial charge in [0, 0.05) is 17.9 Å². The van der Waals surface area contributed by atoms with E-state index in [9.17, 15) is 0 Å². The topological polar surface area (TPSA) is 87.8 Å². The number of hydrogen-bond acceptors (Lipinski definition) is 7. The molecule has 5 rings (SSSR count). The first-order valence-electron chi connectivity index (χ1n) is 11.6. The molecule has 0 saturated heterocycles. The lowest BCUT2D eigenvalue weighted by atomic mass is 10.1. The van der Waals surface area contributed by atoms with Gasteiger partial charge in [0.2, 0.25) is 0 Å². The molecule has 8 nitrogen and oxygen atoms in total. The second-order valence-electron chi connectivity index (χ2n) is 8.31. The number of aryl methyl sites for hydroxylation is 2. The molecule has 0 unspecified atom stereocenters. The molecular formula is C28H26N6O2. The molecule has 0 radical (unpaired) electrons. The molecule has 3 aromatic heterocycles. The second-order valence-corrected chi connectivity index (χ2v) is 8.31. The molecule has 0 bridgehead atoms. The lowest BCUT2D eigenvalue weighted by Crippen LogP contribution is -2.08. The van der Waals surface area contributed by atoms with Gasteiger partial charge in [-0.3, -0.25) is 0 Å². The van der Waals surface area contributed by atoms with Crippen LogP contribution in [0, 0.1) is 13.8 Å². The van der Waals surface area contributed by atoms with Gasteiger partial charge in [-0.2, -0.15) is 4.68 Å². The van der Waals surface area contributed by atoms with E-state index in [1.807, 2.05) is 74.5 Å². The summed E-state index contributed by atoms with van der Waals surface area (Å²) >= 11 is 0. The monoisotopic (exact) mass is 478 g/mol. The Kier molecular flexibility index (Phi) is 6.40. The third-order valence-electron chi connectivity index (χ3n) is 5.70. The minimum atomic E-state index is 0.552. The summed E-state index contributed by atoms with van der Waals surface area (Å²) < 4.78 is 12.6. The Labute approximate surface area is 209 Å². The van der Waals surface area contributed by atoms with E-state index in [4.69, 9.17) is 14.5 Å². The highest BCUT2D eigenvalue weighted by molar-refractivity contribution is 5.80. The zero-order chi connectivity index (χ0) is 25.1. The van der Waals surface area contributed by atoms with Crippen molar-refractivity contribution in [2.24, 2.45) is 0 Å². The third-order valence-corrected chi connectivity index (χ3v) is 5.70. The number of hydrogen-bond donors (Lipinski definition) is 0. The van der Waals surface area contributed by atoms with E-state index >= 15 is 0 Å². The summed E-state index contributed by atoms with van der Waals surface area (Å²) in [5.74, 6) is 4.09. The zero-order valence-corrected chi connectivity index (χ0v) is 20.6. The van der Waals surface area contributed by atoms with Gasteiger partial charge >= 0.3 is 0 Å². The Morgan fingerprint density at radius 3 is 2.39 bits per heavy atom. The Bertz CT molecular complexity index is 1570. The maximum Gasteiger partial charge on any atom is 0.161 e. The van der Waals surface area contributed by atoms with Crippen molar-refractivity contribution in [2.75, 3.05) is 14.2 Å². The lowest BCUT2D eigenvalue weighted by molar-refractivity contribution is 0.354. The molecule has 2 aromatic carbocycles. The number of methoxy groups -OCH3 is 2. The van der Waals surface area contributed by atoms with Gasteiger partial charge in [0.05, 0.1) is 31.1 Å². The smallest absolute Gasteiger partial charge is 0.161 e. The summed E-state index contributed by atoms with van der Waals surface area (Å²) in [5, 5.41) is 5.72. The second kappa shape index (κ2) is 9.95. The Balaban J connectivity index is 1.45. The van der Waals surface area contributed by atoms with Gasteiger partial charge in [0.25, 0.3) is 0 Å². The predicted octanol–water partition coefficient (Wildman–Crippen LogP) is 5.00. The van der Waals surface area contributed by atoms with Crippen LogP contribution in [0.3, 0.4) is 0 Å². The number of fused-ring (bicyclic) bond motifs is 1. The maximum absolute atomic E-state index is 5.45. The summed E-state index contributed by atoms with van der Waals surface area (Å²) in [7, 11) is 3.25. The highest BCUT2D eigenvalue weighted by Gasteiger charge is 2.14. The number of pyridine rings is 1. The van der Waals surface area contributed by atoms with Gasteiger partial charge in [0.1, 0.15) is 17.5 Å². The van der Waals surface area contributed by atoms with E-state index in [1.165, 1.54) is 0 Å². The molecule has 0 amide bonds. The van der Waals surface area contributed by atoms with Crippen LogP contribution >= 0.6 is 0 Å². The molecule has 0 atom stereocenters. The Morgan fingerprint density at radius 2 is 1.56 bits per heavy atom. The largest absolute Gasteiger partial charge is 0.493 e. The van der Waals surface area contributed by atoms with Crippen molar-refractivity contribution in [1.29, 1.82) is 0 Å². The summed E-state index contributed by atoms with van der Waals surface area (Å²) in [5.41, 5.74) is 3.60. The number of benzene rings is 2. The molecular weight excluding hydrogens is 452 g/mol. The molecule has 0 fully saturated rings. The normalized spacial score (nSPS) is 11.3. The maximum atomic E-state index is 5.45. The van der Waals surface area contributed by atoms with E-state index in [1.54, 1.807) is 18.9 Å². The number of aromatic nitrogens is 6. The first-order valence-corrected chi connectivity index (χ1v) is 11.6. The first kappa shape index (κ1) is 23.2. The SMILES string of the molecule is COc1ccc(Cc2nc(C)nn2-c2cc(/C=C/c3ccc4ccccc4n3)nc(C)n2)cc1OC. The summed E-state index contributed by atoms with van der Waals surface area (Å²) in [6, 6.07) is 19.8. The minimum absolute atomic E-state index is 0.552. The fourth-order valence-corrected chi connectivity index (χ4v) is 4.04. The fourth-order valence-electron chi connectivity index (χ4n) is 4.04. The van der Waals surface area contributed by atoms with E-state index in [-0.39, 0.29) is 0 Å². The van der Waals surface area contributed by atoms with E-state index < -0.39 is 0 Å². The van der Waals surface area contributed by atoms with Gasteiger partial charge in [-0.15, -0.1) is 5.10 Å². The highest BCUT2D eigenvalue weighted by atomic mass is 16.5. The van der Waals surface area contributed by atoms with E-state index in [0.717, 1.165) is 33.7 Å². The molecule has 3 heterocycles. The Hall–Kier alpha value is -4.59. The highest BCUT2D eigenvalue weighted by Crippen LogP contribution is 2.28. The average Bonchev–Trinajstić information content (AvgIpc) is 3.26. The lowest BCUT2D eigenvalue weighted by Gasteiger charge is -2.10. The van der Waals surface area contributed by atoms with Crippen molar-refractivity contribution in [3.63, 3.8) is 0 Å². The molecule has 0 aliphatic heterocycles. The standard InChI is InChI=1S/C28H26N6O2/c1-18-29-23(13-12-22-11-10-21-7-5-6-8-24(21)32-22)17-28(30-18)34-27(31-19(2)33-34)16-20-9-14-25(35-3)26(15-20)36-4/h5-15,17H,16H2,1-4H3/b13-12+. The van der Waals surface area contributed by atoms with Crippen LogP contribution in [0.15, 0.2) is 60.7 Å². The zero-order valence-electron chi connectivity index (χ0n) is 20.6. The van der Waals surface area contributed by atoms with E-state index in [0.29, 0.717) is 35.4 Å². The third kappa shape index (κ3) is 4.93. The molecule has 0 aliphatic carbocycles. The molecule has 0 N–H and O–H groups in total. The van der Waals surface area contributed by atoms with E-state index in [2.05, 4.69) is 32.2 Å². The molecule has 180 valence electrons. The fraction of sp³-hybridized carbons (Fsp3) is 0.179. The van der Waals surface area contributed by atoms with Gasteiger partial charge < -0.3 is 9.47 Å². The van der Waals surface area contributed by atoms with Gasteiger partial charge in [-0.05, 0) is 55.8 Å². The molecule has 5 aromatic rings. The van der Waals surface area contributed by atoms with Crippen LogP contribution in [0.1, 0.15) is 34.4 Å². The van der Waals surface area contributed by atoms with Crippen LogP contribution in [0.25, 0.3) is 28.9 Å². The summed E-state index contributed by atoms with van der Waals surface area (Å²) in [6.07, 6.45) is 4.44. The van der Waals surface area contributed by atoms with Crippen molar-refractivity contribution < 1.29 is 9.47 Å². The quantitative estimate of drug-likeness (QED) is 0.325. The molecule has 0 aliphatic rings. The minimum Gasteiger partial charge on any atom is -0.493 e. The molecule has 0 spiro atoms. The Morgan fingerprint density at radius 1 is 0.750 bits per heavy atom. The predicted molar refractivity (Wildman–Crippen MR) is 139 cm³/mol. The van der Waals surface area contributed by atoms with Crippen LogP contribution in [0.5, 0.6) is 11.5 Å². The average molecular weight is 479 g/mol. The van der Waals surface area contributed by atoms with Crippen molar-refractivity contribution in [1.82, 2.24) is 29.7 Å². The number of rotatable bonds is 7. The number of nitrogens with zero attached hydrogens (tertiary/aromatic N) is 6. The first-order chi connectivity index (χ1) is 17.5. The van der Waals surface area contributed by atoms with Crippen LogP contribution in [-0.2, 0) is 6.42 Å². The molecule has 0 saturated carbocycles. The van der Waals surface area contributed by atoms with Crippen molar-refractivity contribution >= 4 is 23.1 Å². The van der Waals surface area contributed by atoms with Crippen LogP contribution in [-0.4, -0.2) is 43.9 Å². The summed E-state index contributed by atoms with van der Waals surface area (Å²) in [4.78, 5) is 18.6. The number of ether oxygens (including phenoxy) is 2. The van der Waals surface area contributed by atoms with Gasteiger partial charge in [0.15, 0.2) is 17.3 Å². The molecule has 36 heavy (non-hydrogen) atoms. The van der Waals surface area contributed by atoms with Crippen LogP contribution < -0.4 is 9.47 Å². The van der Waals surface area contributed by atoms with Gasteiger partial charge in [-0.25, -0.2) is 19.9 Å². The van der Waals surface area contributed by atoms with Crippen LogP contribution in [0.2, 0.25) is 0 Å². The van der Waals surface area contributed by atoms with Crippen LogP contribution in [0.4, 0.5) is 0 Å². The van der Waals surface area contributed by atoms with Crippen molar-refractivity contribution in [2.45, 2.75) is 20.3 Å². The molecule has 8 heteroatoms. The van der Waals surface area contributed by atoms with Gasteiger partial charge in [-0.1, -0.05) is 30.3 Å². The summed E-state index contributed by atoms with van der Waals surface area (Å²) in [6.45, 7) is 3.74. The number of para-hydroxylation sites is 1.